The lowest BCUT2D eigenvalue weighted by Crippen LogP contribution is -2.40. The van der Waals surface area contributed by atoms with Gasteiger partial charge in [0.2, 0.25) is 0 Å². The lowest BCUT2D eigenvalue weighted by Gasteiger charge is -2.29. The molecule has 32 heavy (non-hydrogen) atoms. The highest BCUT2D eigenvalue weighted by Crippen LogP contribution is 2.36. The maximum Gasteiger partial charge on any atom is 0.282 e. The lowest BCUT2D eigenvalue weighted by molar-refractivity contribution is -0.121. The van der Waals surface area contributed by atoms with E-state index in [0.29, 0.717) is 61.2 Å². The number of nitrogens with zero attached hydrogens (tertiary/aromatic N) is 2. The number of amides is 2. The molecule has 2 aliphatic heterocycles. The molecule has 2 heterocycles. The SMILES string of the molecule is CCOc1ccc(C2=C(N3CCOCC3)C(=O)N(c3ccc(OC(C)C)cc3)C2=O)cc1. The number of anilines is 1. The molecule has 0 saturated carbocycles. The van der Waals surface area contributed by atoms with Gasteiger partial charge in [-0.05, 0) is 62.7 Å². The third-order valence-electron chi connectivity index (χ3n) is 5.31. The molecule has 2 aromatic rings. The smallest absolute Gasteiger partial charge is 0.282 e. The summed E-state index contributed by atoms with van der Waals surface area (Å²) >= 11 is 0. The molecule has 0 bridgehead atoms. The van der Waals surface area contributed by atoms with Crippen LogP contribution < -0.4 is 14.4 Å². The third-order valence-corrected chi connectivity index (χ3v) is 5.31. The fourth-order valence-electron chi connectivity index (χ4n) is 3.92. The molecule has 0 spiro atoms. The molecule has 4 rings (SSSR count). The Kier molecular flexibility index (Phi) is 6.46. The van der Waals surface area contributed by atoms with Gasteiger partial charge < -0.3 is 19.1 Å². The maximum absolute atomic E-state index is 13.6. The van der Waals surface area contributed by atoms with Crippen LogP contribution in [0.3, 0.4) is 0 Å². The molecule has 2 aromatic carbocycles. The highest BCUT2D eigenvalue weighted by atomic mass is 16.5. The van der Waals surface area contributed by atoms with Crippen molar-refractivity contribution in [3.05, 3.63) is 59.8 Å². The van der Waals surface area contributed by atoms with Crippen molar-refractivity contribution in [1.82, 2.24) is 4.90 Å². The highest BCUT2D eigenvalue weighted by Gasteiger charge is 2.42. The van der Waals surface area contributed by atoms with Gasteiger partial charge in [-0.2, -0.15) is 0 Å². The van der Waals surface area contributed by atoms with Crippen molar-refractivity contribution in [2.75, 3.05) is 37.8 Å². The van der Waals surface area contributed by atoms with Crippen LogP contribution >= 0.6 is 0 Å². The van der Waals surface area contributed by atoms with Crippen molar-refractivity contribution in [3.8, 4) is 11.5 Å². The normalized spacial score (nSPS) is 16.9. The first kappa shape index (κ1) is 21.9. The lowest BCUT2D eigenvalue weighted by atomic mass is 10.0. The van der Waals surface area contributed by atoms with E-state index in [1.165, 1.54) is 4.90 Å². The number of rotatable bonds is 7. The fourth-order valence-corrected chi connectivity index (χ4v) is 3.92. The Labute approximate surface area is 188 Å². The van der Waals surface area contributed by atoms with Gasteiger partial charge in [0, 0.05) is 13.1 Å². The maximum atomic E-state index is 13.6. The van der Waals surface area contributed by atoms with Crippen LogP contribution in [-0.4, -0.2) is 55.7 Å². The summed E-state index contributed by atoms with van der Waals surface area (Å²) < 4.78 is 16.7. The monoisotopic (exact) mass is 436 g/mol. The largest absolute Gasteiger partial charge is 0.494 e. The van der Waals surface area contributed by atoms with E-state index in [0.717, 1.165) is 5.75 Å². The number of carbonyl (C=O) groups is 2. The molecule has 168 valence electrons. The molecule has 0 atom stereocenters. The van der Waals surface area contributed by atoms with Crippen LogP contribution in [0.4, 0.5) is 5.69 Å². The van der Waals surface area contributed by atoms with Gasteiger partial charge in [-0.15, -0.1) is 0 Å². The molecular weight excluding hydrogens is 408 g/mol. The molecule has 2 aliphatic rings. The number of ether oxygens (including phenoxy) is 3. The van der Waals surface area contributed by atoms with Crippen molar-refractivity contribution in [2.24, 2.45) is 0 Å². The van der Waals surface area contributed by atoms with Gasteiger partial charge in [0.1, 0.15) is 17.2 Å². The van der Waals surface area contributed by atoms with E-state index in [9.17, 15) is 9.59 Å². The van der Waals surface area contributed by atoms with E-state index in [2.05, 4.69) is 0 Å². The minimum atomic E-state index is -0.335. The number of benzene rings is 2. The molecule has 2 amide bonds. The average molecular weight is 437 g/mol. The Morgan fingerprint density at radius 3 is 2.12 bits per heavy atom. The highest BCUT2D eigenvalue weighted by molar-refractivity contribution is 6.45. The first-order chi connectivity index (χ1) is 15.5. The number of hydrogen-bond donors (Lipinski definition) is 0. The van der Waals surface area contributed by atoms with Crippen molar-refractivity contribution in [1.29, 1.82) is 0 Å². The quantitative estimate of drug-likeness (QED) is 0.619. The van der Waals surface area contributed by atoms with E-state index in [4.69, 9.17) is 14.2 Å². The fraction of sp³-hybridized carbons (Fsp3) is 0.360. The third kappa shape index (κ3) is 4.34. The Bertz CT molecular complexity index is 1010. The van der Waals surface area contributed by atoms with E-state index in [1.54, 1.807) is 24.3 Å². The van der Waals surface area contributed by atoms with Gasteiger partial charge in [0.25, 0.3) is 11.8 Å². The van der Waals surface area contributed by atoms with Crippen molar-refractivity contribution in [3.63, 3.8) is 0 Å². The molecular formula is C25H28N2O5. The molecule has 0 radical (unpaired) electrons. The summed E-state index contributed by atoms with van der Waals surface area (Å²) in [6.45, 7) is 8.52. The summed E-state index contributed by atoms with van der Waals surface area (Å²) in [5, 5.41) is 0. The van der Waals surface area contributed by atoms with Gasteiger partial charge in [0.05, 0.1) is 37.2 Å². The second-order valence-corrected chi connectivity index (χ2v) is 7.89. The van der Waals surface area contributed by atoms with Gasteiger partial charge in [-0.1, -0.05) is 12.1 Å². The second-order valence-electron chi connectivity index (χ2n) is 7.89. The Hall–Kier alpha value is -3.32. The molecule has 0 N–H and O–H groups in total. The molecule has 0 aromatic heterocycles. The van der Waals surface area contributed by atoms with Crippen LogP contribution in [0.5, 0.6) is 11.5 Å². The Morgan fingerprint density at radius 1 is 0.906 bits per heavy atom. The summed E-state index contributed by atoms with van der Waals surface area (Å²) in [4.78, 5) is 30.3. The molecule has 1 fully saturated rings. The predicted molar refractivity (Wildman–Crippen MR) is 122 cm³/mol. The van der Waals surface area contributed by atoms with E-state index >= 15 is 0 Å². The molecule has 0 aliphatic carbocycles. The zero-order valence-corrected chi connectivity index (χ0v) is 18.7. The Morgan fingerprint density at radius 2 is 1.53 bits per heavy atom. The standard InChI is InChI=1S/C25H28N2O5/c1-4-31-20-9-5-18(6-10-20)22-23(26-13-15-30-16-14-26)25(29)27(24(22)28)19-7-11-21(12-8-19)32-17(2)3/h5-12,17H,4,13-16H2,1-3H3. The minimum Gasteiger partial charge on any atom is -0.494 e. The predicted octanol–water partition coefficient (Wildman–Crippen LogP) is 3.49. The van der Waals surface area contributed by atoms with Crippen molar-refractivity contribution < 1.29 is 23.8 Å². The van der Waals surface area contributed by atoms with Crippen LogP contribution in [0.2, 0.25) is 0 Å². The molecule has 1 saturated heterocycles. The number of hydrogen-bond acceptors (Lipinski definition) is 6. The van der Waals surface area contributed by atoms with Gasteiger partial charge >= 0.3 is 0 Å². The van der Waals surface area contributed by atoms with Crippen LogP contribution in [0.1, 0.15) is 26.3 Å². The summed E-state index contributed by atoms with van der Waals surface area (Å²) in [5.41, 5.74) is 2.03. The zero-order chi connectivity index (χ0) is 22.7. The first-order valence-electron chi connectivity index (χ1n) is 10.9. The van der Waals surface area contributed by atoms with E-state index in [1.807, 2.05) is 49.9 Å². The summed E-state index contributed by atoms with van der Waals surface area (Å²) in [5.74, 6) is 0.756. The summed E-state index contributed by atoms with van der Waals surface area (Å²) in [6, 6.07) is 14.3. The van der Waals surface area contributed by atoms with Crippen molar-refractivity contribution in [2.45, 2.75) is 26.9 Å². The van der Waals surface area contributed by atoms with Crippen LogP contribution in [-0.2, 0) is 14.3 Å². The zero-order valence-electron chi connectivity index (χ0n) is 18.7. The first-order valence-corrected chi connectivity index (χ1v) is 10.9. The van der Waals surface area contributed by atoms with Crippen LogP contribution in [0.15, 0.2) is 54.2 Å². The topological polar surface area (TPSA) is 68.3 Å². The van der Waals surface area contributed by atoms with Crippen molar-refractivity contribution >= 4 is 23.1 Å². The average Bonchev–Trinajstić information content (AvgIpc) is 3.05. The molecule has 7 nitrogen and oxygen atoms in total. The molecule has 7 heteroatoms. The summed E-state index contributed by atoms with van der Waals surface area (Å²) in [7, 11) is 0. The van der Waals surface area contributed by atoms with E-state index < -0.39 is 0 Å². The summed E-state index contributed by atoms with van der Waals surface area (Å²) in [6.07, 6.45) is 0.0387. The Balaban J connectivity index is 1.71. The van der Waals surface area contributed by atoms with Crippen LogP contribution in [0, 0.1) is 0 Å². The molecule has 0 unspecified atom stereocenters. The van der Waals surface area contributed by atoms with Crippen LogP contribution in [0.25, 0.3) is 5.57 Å². The van der Waals surface area contributed by atoms with Gasteiger partial charge in [0.15, 0.2) is 0 Å². The van der Waals surface area contributed by atoms with Gasteiger partial charge in [-0.25, -0.2) is 4.90 Å². The second kappa shape index (κ2) is 9.44. The number of morpholine rings is 1. The van der Waals surface area contributed by atoms with E-state index in [-0.39, 0.29) is 17.9 Å². The minimum absolute atomic E-state index is 0.0387. The number of imide groups is 1. The van der Waals surface area contributed by atoms with Gasteiger partial charge in [-0.3, -0.25) is 9.59 Å². The number of carbonyl (C=O) groups excluding carboxylic acids is 2.